The van der Waals surface area contributed by atoms with E-state index in [0.717, 1.165) is 29.8 Å². The lowest BCUT2D eigenvalue weighted by molar-refractivity contribution is 0.515. The quantitative estimate of drug-likeness (QED) is 0.764. The molecule has 0 saturated carbocycles. The SMILES string of the molecule is CCCC(Br)c1nc2cc(Cl)ccc2o1. The fourth-order valence-corrected chi connectivity index (χ4v) is 2.25. The van der Waals surface area contributed by atoms with E-state index in [1.807, 2.05) is 18.2 Å². The maximum atomic E-state index is 5.88. The van der Waals surface area contributed by atoms with Crippen molar-refractivity contribution < 1.29 is 4.42 Å². The molecule has 2 rings (SSSR count). The Kier molecular flexibility index (Phi) is 3.32. The van der Waals surface area contributed by atoms with E-state index in [2.05, 4.69) is 27.8 Å². The Morgan fingerprint density at radius 2 is 2.33 bits per heavy atom. The molecule has 1 unspecified atom stereocenters. The van der Waals surface area contributed by atoms with Crippen LogP contribution in [0.1, 0.15) is 30.5 Å². The Morgan fingerprint density at radius 1 is 1.53 bits per heavy atom. The van der Waals surface area contributed by atoms with Gasteiger partial charge in [-0.15, -0.1) is 0 Å². The number of oxazole rings is 1. The van der Waals surface area contributed by atoms with Gasteiger partial charge in [0.1, 0.15) is 5.52 Å². The Morgan fingerprint density at radius 3 is 3.07 bits per heavy atom. The molecule has 0 spiro atoms. The molecule has 1 atom stereocenters. The minimum absolute atomic E-state index is 0.189. The topological polar surface area (TPSA) is 26.0 Å². The van der Waals surface area contributed by atoms with Crippen LogP contribution in [0.5, 0.6) is 0 Å². The summed E-state index contributed by atoms with van der Waals surface area (Å²) in [6, 6.07) is 5.47. The molecule has 0 fully saturated rings. The molecule has 0 saturated heterocycles. The zero-order valence-electron chi connectivity index (χ0n) is 8.34. The largest absolute Gasteiger partial charge is 0.439 e. The van der Waals surface area contributed by atoms with E-state index in [1.165, 1.54) is 0 Å². The summed E-state index contributed by atoms with van der Waals surface area (Å²) in [5, 5.41) is 0.684. The second-order valence-electron chi connectivity index (χ2n) is 3.42. The maximum Gasteiger partial charge on any atom is 0.209 e. The molecule has 0 aliphatic heterocycles. The average Bonchev–Trinajstić information content (AvgIpc) is 2.60. The molecular formula is C11H11BrClNO. The molecule has 0 bridgehead atoms. The number of rotatable bonds is 3. The van der Waals surface area contributed by atoms with Crippen LogP contribution in [0.25, 0.3) is 11.1 Å². The van der Waals surface area contributed by atoms with Gasteiger partial charge in [-0.1, -0.05) is 40.9 Å². The van der Waals surface area contributed by atoms with Crippen molar-refractivity contribution in [3.63, 3.8) is 0 Å². The van der Waals surface area contributed by atoms with Crippen molar-refractivity contribution in [2.24, 2.45) is 0 Å². The van der Waals surface area contributed by atoms with Gasteiger partial charge in [0.25, 0.3) is 0 Å². The fourth-order valence-electron chi connectivity index (χ4n) is 1.43. The lowest BCUT2D eigenvalue weighted by Gasteiger charge is -2.00. The summed E-state index contributed by atoms with van der Waals surface area (Å²) in [4.78, 5) is 4.58. The number of alkyl halides is 1. The molecule has 1 aromatic carbocycles. The number of benzene rings is 1. The van der Waals surface area contributed by atoms with Crippen LogP contribution in [-0.4, -0.2) is 4.98 Å². The Balaban J connectivity index is 2.38. The predicted octanol–water partition coefficient (Wildman–Crippen LogP) is 4.72. The van der Waals surface area contributed by atoms with E-state index in [1.54, 1.807) is 0 Å². The third kappa shape index (κ3) is 2.34. The van der Waals surface area contributed by atoms with E-state index < -0.39 is 0 Å². The minimum atomic E-state index is 0.189. The number of fused-ring (bicyclic) bond motifs is 1. The second-order valence-corrected chi connectivity index (χ2v) is 4.96. The van der Waals surface area contributed by atoms with Crippen molar-refractivity contribution in [2.45, 2.75) is 24.6 Å². The van der Waals surface area contributed by atoms with Gasteiger partial charge in [0.2, 0.25) is 5.89 Å². The number of halogens is 2. The summed E-state index contributed by atoms with van der Waals surface area (Å²) in [6.07, 6.45) is 2.11. The van der Waals surface area contributed by atoms with E-state index in [4.69, 9.17) is 16.0 Å². The average molecular weight is 289 g/mol. The van der Waals surface area contributed by atoms with Gasteiger partial charge >= 0.3 is 0 Å². The van der Waals surface area contributed by atoms with Crippen molar-refractivity contribution in [2.75, 3.05) is 0 Å². The number of hydrogen-bond acceptors (Lipinski definition) is 2. The molecule has 2 nitrogen and oxygen atoms in total. The van der Waals surface area contributed by atoms with Crippen LogP contribution in [-0.2, 0) is 0 Å². The lowest BCUT2D eigenvalue weighted by Crippen LogP contribution is -1.88. The zero-order chi connectivity index (χ0) is 10.8. The summed E-state index contributed by atoms with van der Waals surface area (Å²) in [6.45, 7) is 2.13. The maximum absolute atomic E-state index is 5.88. The van der Waals surface area contributed by atoms with Gasteiger partial charge in [-0.3, -0.25) is 0 Å². The highest BCUT2D eigenvalue weighted by atomic mass is 79.9. The van der Waals surface area contributed by atoms with Crippen molar-refractivity contribution in [3.05, 3.63) is 29.1 Å². The van der Waals surface area contributed by atoms with Crippen LogP contribution in [0, 0.1) is 0 Å². The zero-order valence-corrected chi connectivity index (χ0v) is 10.7. The molecule has 2 aromatic rings. The van der Waals surface area contributed by atoms with Crippen LogP contribution in [0.2, 0.25) is 5.02 Å². The van der Waals surface area contributed by atoms with Gasteiger partial charge in [-0.2, -0.15) is 0 Å². The molecule has 1 aromatic heterocycles. The molecular weight excluding hydrogens is 277 g/mol. The highest BCUT2D eigenvalue weighted by Crippen LogP contribution is 2.30. The van der Waals surface area contributed by atoms with Crippen LogP contribution in [0.4, 0.5) is 0 Å². The summed E-state index contributed by atoms with van der Waals surface area (Å²) in [7, 11) is 0. The molecule has 1 heterocycles. The van der Waals surface area contributed by atoms with Crippen LogP contribution < -0.4 is 0 Å². The van der Waals surface area contributed by atoms with Gasteiger partial charge in [0.15, 0.2) is 5.58 Å². The molecule has 0 radical (unpaired) electrons. The van der Waals surface area contributed by atoms with E-state index in [-0.39, 0.29) is 4.83 Å². The third-order valence-corrected chi connectivity index (χ3v) is 3.26. The molecule has 15 heavy (non-hydrogen) atoms. The number of hydrogen-bond donors (Lipinski definition) is 0. The number of nitrogens with zero attached hydrogens (tertiary/aromatic N) is 1. The first-order chi connectivity index (χ1) is 7.20. The monoisotopic (exact) mass is 287 g/mol. The Labute approximate surface area is 102 Å². The summed E-state index contributed by atoms with van der Waals surface area (Å²) >= 11 is 9.43. The van der Waals surface area contributed by atoms with Crippen molar-refractivity contribution in [1.29, 1.82) is 0 Å². The van der Waals surface area contributed by atoms with E-state index in [0.29, 0.717) is 5.02 Å². The molecule has 80 valence electrons. The second kappa shape index (κ2) is 4.54. The highest BCUT2D eigenvalue weighted by molar-refractivity contribution is 9.09. The summed E-state index contributed by atoms with van der Waals surface area (Å²) in [5.74, 6) is 0.731. The molecule has 0 amide bonds. The van der Waals surface area contributed by atoms with E-state index >= 15 is 0 Å². The van der Waals surface area contributed by atoms with Crippen LogP contribution >= 0.6 is 27.5 Å². The van der Waals surface area contributed by atoms with Crippen molar-refractivity contribution >= 4 is 38.6 Å². The molecule has 0 aliphatic rings. The van der Waals surface area contributed by atoms with Gasteiger partial charge in [0, 0.05) is 5.02 Å². The van der Waals surface area contributed by atoms with Gasteiger partial charge in [-0.25, -0.2) is 4.98 Å². The lowest BCUT2D eigenvalue weighted by atomic mass is 10.2. The van der Waals surface area contributed by atoms with Gasteiger partial charge < -0.3 is 4.42 Å². The smallest absolute Gasteiger partial charge is 0.209 e. The summed E-state index contributed by atoms with van der Waals surface area (Å²) in [5.41, 5.74) is 1.60. The van der Waals surface area contributed by atoms with Crippen LogP contribution in [0.15, 0.2) is 22.6 Å². The summed E-state index contributed by atoms with van der Waals surface area (Å²) < 4.78 is 5.62. The normalized spacial score (nSPS) is 13.3. The van der Waals surface area contributed by atoms with Crippen LogP contribution in [0.3, 0.4) is 0 Å². The highest BCUT2D eigenvalue weighted by Gasteiger charge is 2.14. The third-order valence-electron chi connectivity index (χ3n) is 2.18. The standard InChI is InChI=1S/C11H11BrClNO/c1-2-3-8(12)11-14-9-6-7(13)4-5-10(9)15-11/h4-6,8H,2-3H2,1H3. The molecule has 0 aliphatic carbocycles. The van der Waals surface area contributed by atoms with Gasteiger partial charge in [-0.05, 0) is 24.6 Å². The Hall–Kier alpha value is -0.540. The van der Waals surface area contributed by atoms with Crippen molar-refractivity contribution in [1.82, 2.24) is 4.98 Å². The first-order valence-corrected chi connectivity index (χ1v) is 6.20. The van der Waals surface area contributed by atoms with E-state index in [9.17, 15) is 0 Å². The number of aromatic nitrogens is 1. The van der Waals surface area contributed by atoms with Gasteiger partial charge in [0.05, 0.1) is 4.83 Å². The molecule has 4 heteroatoms. The Bertz CT molecular complexity index is 469. The first kappa shape index (κ1) is 11.0. The minimum Gasteiger partial charge on any atom is -0.439 e. The predicted molar refractivity (Wildman–Crippen MR) is 65.6 cm³/mol. The first-order valence-electron chi connectivity index (χ1n) is 4.90. The fraction of sp³-hybridized carbons (Fsp3) is 0.364. The molecule has 0 N–H and O–H groups in total. The van der Waals surface area contributed by atoms with Crippen molar-refractivity contribution in [3.8, 4) is 0 Å².